The first-order valence-electron chi connectivity index (χ1n) is 13.3. The van der Waals surface area contributed by atoms with Crippen molar-refractivity contribution in [2.45, 2.75) is 86.5 Å². The lowest BCUT2D eigenvalue weighted by Gasteiger charge is -2.70. The SMILES string of the molecule is CC1=C(O)C(=O)C=C2C1=CC=C1[C@@]2(C)CC[C@@]2(C)[C@@H]3C[C@](C)(CNC(N)=O)CC[C@@]3(C)CC[C@]12C. The van der Waals surface area contributed by atoms with Gasteiger partial charge in [0.2, 0.25) is 5.78 Å². The zero-order valence-corrected chi connectivity index (χ0v) is 22.3. The predicted octanol–water partition coefficient (Wildman–Crippen LogP) is 6.28. The molecule has 0 saturated heterocycles. The number of aliphatic hydroxyl groups excluding tert-OH is 1. The summed E-state index contributed by atoms with van der Waals surface area (Å²) >= 11 is 0. The number of carbonyl (C=O) groups excluding carboxylic acids is 2. The van der Waals surface area contributed by atoms with Crippen molar-refractivity contribution in [1.29, 1.82) is 0 Å². The predicted molar refractivity (Wildman–Crippen MR) is 139 cm³/mol. The van der Waals surface area contributed by atoms with Crippen LogP contribution in [-0.4, -0.2) is 23.5 Å². The fraction of sp³-hybridized carbons (Fsp3) is 0.667. The van der Waals surface area contributed by atoms with Gasteiger partial charge in [0.1, 0.15) is 0 Å². The molecule has 6 atom stereocenters. The Labute approximate surface area is 210 Å². The van der Waals surface area contributed by atoms with Crippen molar-refractivity contribution in [3.8, 4) is 0 Å². The van der Waals surface area contributed by atoms with Crippen LogP contribution in [-0.2, 0) is 4.79 Å². The Balaban J connectivity index is 1.58. The Morgan fingerprint density at radius 2 is 1.74 bits per heavy atom. The molecule has 5 aliphatic carbocycles. The molecule has 2 amide bonds. The molecule has 5 rings (SSSR count). The molecule has 35 heavy (non-hydrogen) atoms. The summed E-state index contributed by atoms with van der Waals surface area (Å²) < 4.78 is 0. The summed E-state index contributed by atoms with van der Waals surface area (Å²) in [4.78, 5) is 24.1. The molecule has 0 radical (unpaired) electrons. The van der Waals surface area contributed by atoms with Crippen LogP contribution in [0.4, 0.5) is 4.79 Å². The van der Waals surface area contributed by atoms with Crippen molar-refractivity contribution in [1.82, 2.24) is 5.32 Å². The number of urea groups is 1. The lowest BCUT2D eigenvalue weighted by molar-refractivity contribution is -0.160. The van der Waals surface area contributed by atoms with Gasteiger partial charge in [-0.25, -0.2) is 4.79 Å². The monoisotopic (exact) mass is 478 g/mol. The highest BCUT2D eigenvalue weighted by molar-refractivity contribution is 6.06. The maximum Gasteiger partial charge on any atom is 0.312 e. The van der Waals surface area contributed by atoms with Crippen molar-refractivity contribution in [2.24, 2.45) is 38.7 Å². The summed E-state index contributed by atoms with van der Waals surface area (Å²) in [7, 11) is 0. The first-order valence-corrected chi connectivity index (χ1v) is 13.3. The summed E-state index contributed by atoms with van der Waals surface area (Å²) in [5, 5.41) is 13.2. The molecule has 3 saturated carbocycles. The number of fused-ring (bicyclic) bond motifs is 7. The van der Waals surface area contributed by atoms with E-state index >= 15 is 0 Å². The normalized spacial score (nSPS) is 44.7. The van der Waals surface area contributed by atoms with Gasteiger partial charge in [-0.1, -0.05) is 52.3 Å². The van der Waals surface area contributed by atoms with Crippen LogP contribution in [0.3, 0.4) is 0 Å². The summed E-state index contributed by atoms with van der Waals surface area (Å²) in [6.45, 7) is 14.6. The van der Waals surface area contributed by atoms with Crippen molar-refractivity contribution in [3.63, 3.8) is 0 Å². The van der Waals surface area contributed by atoms with Crippen LogP contribution in [0.5, 0.6) is 0 Å². The lowest BCUT2D eigenvalue weighted by atomic mass is 9.34. The lowest BCUT2D eigenvalue weighted by Crippen LogP contribution is -2.62. The van der Waals surface area contributed by atoms with E-state index in [-0.39, 0.29) is 33.2 Å². The van der Waals surface area contributed by atoms with Crippen molar-refractivity contribution < 1.29 is 14.7 Å². The highest BCUT2D eigenvalue weighted by Gasteiger charge is 2.66. The number of amides is 2. The number of aliphatic hydroxyl groups is 1. The van der Waals surface area contributed by atoms with Gasteiger partial charge in [-0.3, -0.25) is 4.79 Å². The number of ketones is 1. The van der Waals surface area contributed by atoms with E-state index in [9.17, 15) is 14.7 Å². The summed E-state index contributed by atoms with van der Waals surface area (Å²) in [6.07, 6.45) is 14.0. The van der Waals surface area contributed by atoms with Crippen LogP contribution in [0, 0.1) is 33.0 Å². The van der Waals surface area contributed by atoms with E-state index in [1.54, 1.807) is 6.08 Å². The number of nitrogens with two attached hydrogens (primary N) is 1. The average Bonchev–Trinajstić information content (AvgIpc) is 2.80. The van der Waals surface area contributed by atoms with Gasteiger partial charge >= 0.3 is 6.03 Å². The maximum atomic E-state index is 12.6. The summed E-state index contributed by atoms with van der Waals surface area (Å²) in [5.41, 5.74) is 9.99. The minimum Gasteiger partial charge on any atom is -0.504 e. The molecule has 5 heteroatoms. The minimum atomic E-state index is -0.437. The molecule has 0 aromatic heterocycles. The first kappa shape index (κ1) is 24.4. The standard InChI is InChI=1S/C30H42N2O3/c1-18-19-7-8-22-28(4,20(19)15-21(33)24(18)34)12-14-30(6)23-16-26(2,17-32-25(31)35)9-10-27(23,3)11-13-29(22,30)5/h7-8,15,23,34H,9-14,16-17H2,1-6H3,(H3,31,32,35)/t23-,26-,27+,28+,29-,30+/m1/s1. The Morgan fingerprint density at radius 1 is 1.06 bits per heavy atom. The van der Waals surface area contributed by atoms with Crippen LogP contribution in [0.1, 0.15) is 86.5 Å². The van der Waals surface area contributed by atoms with Gasteiger partial charge in [0, 0.05) is 17.5 Å². The Kier molecular flexibility index (Phi) is 5.13. The number of allylic oxidation sites excluding steroid dienone is 7. The van der Waals surface area contributed by atoms with Gasteiger partial charge in [0.25, 0.3) is 0 Å². The van der Waals surface area contributed by atoms with Crippen molar-refractivity contribution in [3.05, 3.63) is 46.3 Å². The molecule has 0 unspecified atom stereocenters. The van der Waals surface area contributed by atoms with Crippen LogP contribution in [0.25, 0.3) is 0 Å². The third kappa shape index (κ3) is 3.18. The number of nitrogens with one attached hydrogen (secondary N) is 1. The molecule has 0 bridgehead atoms. The molecule has 0 aromatic rings. The number of rotatable bonds is 2. The summed E-state index contributed by atoms with van der Waals surface area (Å²) in [6, 6.07) is -0.437. The quantitative estimate of drug-likeness (QED) is 0.436. The van der Waals surface area contributed by atoms with E-state index in [4.69, 9.17) is 5.73 Å². The van der Waals surface area contributed by atoms with Crippen molar-refractivity contribution >= 4 is 11.8 Å². The number of hydrogen-bond acceptors (Lipinski definition) is 3. The fourth-order valence-corrected chi connectivity index (χ4v) is 8.99. The van der Waals surface area contributed by atoms with E-state index < -0.39 is 6.03 Å². The Morgan fingerprint density at radius 3 is 2.43 bits per heavy atom. The van der Waals surface area contributed by atoms with E-state index in [0.29, 0.717) is 23.5 Å². The second-order valence-electron chi connectivity index (χ2n) is 13.6. The van der Waals surface area contributed by atoms with Gasteiger partial charge in [0.05, 0.1) is 0 Å². The topological polar surface area (TPSA) is 92.4 Å². The smallest absolute Gasteiger partial charge is 0.312 e. The molecule has 5 aliphatic rings. The van der Waals surface area contributed by atoms with Gasteiger partial charge < -0.3 is 16.2 Å². The molecular weight excluding hydrogens is 436 g/mol. The van der Waals surface area contributed by atoms with Crippen LogP contribution < -0.4 is 11.1 Å². The molecule has 0 spiro atoms. The number of carbonyl (C=O) groups is 2. The fourth-order valence-electron chi connectivity index (χ4n) is 8.99. The zero-order chi connectivity index (χ0) is 25.6. The minimum absolute atomic E-state index is 0.0164. The summed E-state index contributed by atoms with van der Waals surface area (Å²) in [5.74, 6) is 0.161. The largest absolute Gasteiger partial charge is 0.504 e. The second-order valence-corrected chi connectivity index (χ2v) is 13.6. The third-order valence-electron chi connectivity index (χ3n) is 11.7. The highest BCUT2D eigenvalue weighted by atomic mass is 16.3. The van der Waals surface area contributed by atoms with Gasteiger partial charge in [0.15, 0.2) is 5.76 Å². The molecule has 190 valence electrons. The molecule has 0 aromatic carbocycles. The van der Waals surface area contributed by atoms with Crippen molar-refractivity contribution in [2.75, 3.05) is 6.54 Å². The van der Waals surface area contributed by atoms with Gasteiger partial charge in [-0.05, 0) is 96.7 Å². The zero-order valence-electron chi connectivity index (χ0n) is 22.3. The van der Waals surface area contributed by atoms with E-state index in [2.05, 4.69) is 52.1 Å². The van der Waals surface area contributed by atoms with Gasteiger partial charge in [-0.15, -0.1) is 0 Å². The van der Waals surface area contributed by atoms with Crippen LogP contribution >= 0.6 is 0 Å². The number of primary amides is 1. The highest BCUT2D eigenvalue weighted by Crippen LogP contribution is 2.75. The first-order chi connectivity index (χ1) is 16.2. The Bertz CT molecular complexity index is 1140. The molecule has 4 N–H and O–H groups in total. The van der Waals surface area contributed by atoms with Crippen LogP contribution in [0.2, 0.25) is 0 Å². The van der Waals surface area contributed by atoms with Gasteiger partial charge in [-0.2, -0.15) is 0 Å². The van der Waals surface area contributed by atoms with E-state index in [0.717, 1.165) is 43.3 Å². The molecule has 0 aliphatic heterocycles. The molecule has 5 nitrogen and oxygen atoms in total. The van der Waals surface area contributed by atoms with E-state index in [1.807, 2.05) is 6.92 Å². The maximum absolute atomic E-state index is 12.6. The molecular formula is C30H42N2O3. The van der Waals surface area contributed by atoms with Crippen LogP contribution in [0.15, 0.2) is 46.3 Å². The molecule has 0 heterocycles. The number of hydrogen-bond donors (Lipinski definition) is 3. The third-order valence-corrected chi connectivity index (χ3v) is 11.7. The van der Waals surface area contributed by atoms with E-state index in [1.165, 1.54) is 18.4 Å². The average molecular weight is 479 g/mol. The Hall–Kier alpha value is -2.30. The molecule has 3 fully saturated rings. The second kappa shape index (κ2) is 7.36.